The van der Waals surface area contributed by atoms with Crippen LogP contribution in [0.4, 0.5) is 0 Å². The van der Waals surface area contributed by atoms with E-state index in [1.165, 1.54) is 24.0 Å². The highest BCUT2D eigenvalue weighted by atomic mass is 35.5. The molecule has 26 heavy (non-hydrogen) atoms. The molecule has 0 unspecified atom stereocenters. The van der Waals surface area contributed by atoms with Gasteiger partial charge in [-0.15, -0.1) is 0 Å². The fraction of sp³-hybridized carbons (Fsp3) is 0.167. The van der Waals surface area contributed by atoms with Crippen molar-refractivity contribution < 1.29 is 4.74 Å². The summed E-state index contributed by atoms with van der Waals surface area (Å²) >= 11 is 6.01. The second kappa shape index (κ2) is 7.39. The smallest absolute Gasteiger partial charge is 0.127 e. The molecule has 3 aromatic carbocycles. The molecule has 3 aromatic rings. The van der Waals surface area contributed by atoms with Crippen LogP contribution < -0.4 is 4.74 Å². The largest absolute Gasteiger partial charge is 0.457 e. The van der Waals surface area contributed by atoms with Crippen molar-refractivity contribution in [1.82, 2.24) is 0 Å². The standard InChI is InChI=1S/C24H21ClO/c25-21-13-11-20(12-14-21)24(16-17-24)15-5-7-19-6-4-10-23(18-19)26-22-8-2-1-3-9-22/h1-6,8-15,18H,7,16-17H2/b15-5+. The summed E-state index contributed by atoms with van der Waals surface area (Å²) in [6, 6.07) is 26.4. The van der Waals surface area contributed by atoms with Gasteiger partial charge < -0.3 is 4.74 Å². The number of allylic oxidation sites excluding steroid dienone is 2. The maximum Gasteiger partial charge on any atom is 0.127 e. The van der Waals surface area contributed by atoms with E-state index in [9.17, 15) is 0 Å². The molecule has 130 valence electrons. The quantitative estimate of drug-likeness (QED) is 0.431. The topological polar surface area (TPSA) is 9.23 Å². The molecule has 1 saturated carbocycles. The van der Waals surface area contributed by atoms with Gasteiger partial charge in [0.2, 0.25) is 0 Å². The Morgan fingerprint density at radius 3 is 2.31 bits per heavy atom. The van der Waals surface area contributed by atoms with Crippen molar-refractivity contribution in [1.29, 1.82) is 0 Å². The lowest BCUT2D eigenvalue weighted by Crippen LogP contribution is -2.01. The first kappa shape index (κ1) is 16.9. The molecule has 0 N–H and O–H groups in total. The van der Waals surface area contributed by atoms with Gasteiger partial charge >= 0.3 is 0 Å². The molecule has 0 amide bonds. The SMILES string of the molecule is Clc1ccc(C2(/C=C/Cc3cccc(Oc4ccccc4)c3)CC2)cc1. The van der Waals surface area contributed by atoms with E-state index in [1.54, 1.807) is 0 Å². The lowest BCUT2D eigenvalue weighted by Gasteiger charge is -2.11. The molecule has 1 nitrogen and oxygen atoms in total. The van der Waals surface area contributed by atoms with Crippen LogP contribution in [0.3, 0.4) is 0 Å². The van der Waals surface area contributed by atoms with Gasteiger partial charge in [0.05, 0.1) is 0 Å². The Balaban J connectivity index is 1.42. The van der Waals surface area contributed by atoms with Crippen molar-refractivity contribution in [2.75, 3.05) is 0 Å². The van der Waals surface area contributed by atoms with Gasteiger partial charge in [0.25, 0.3) is 0 Å². The Hall–Kier alpha value is -2.51. The second-order valence-electron chi connectivity index (χ2n) is 6.83. The van der Waals surface area contributed by atoms with Crippen LogP contribution in [0.1, 0.15) is 24.0 Å². The van der Waals surface area contributed by atoms with E-state index in [0.29, 0.717) is 0 Å². The van der Waals surface area contributed by atoms with E-state index < -0.39 is 0 Å². The van der Waals surface area contributed by atoms with E-state index in [1.807, 2.05) is 54.6 Å². The lowest BCUT2D eigenvalue weighted by atomic mass is 9.95. The molecule has 1 aliphatic carbocycles. The minimum Gasteiger partial charge on any atom is -0.457 e. The molecule has 0 bridgehead atoms. The van der Waals surface area contributed by atoms with Gasteiger partial charge in [0.1, 0.15) is 11.5 Å². The highest BCUT2D eigenvalue weighted by molar-refractivity contribution is 6.30. The fourth-order valence-electron chi connectivity index (χ4n) is 3.25. The molecule has 0 aromatic heterocycles. The molecule has 0 aliphatic heterocycles. The molecule has 1 aliphatic rings. The summed E-state index contributed by atoms with van der Waals surface area (Å²) < 4.78 is 5.92. The third kappa shape index (κ3) is 4.00. The highest BCUT2D eigenvalue weighted by Crippen LogP contribution is 2.49. The Bertz CT molecular complexity index is 893. The van der Waals surface area contributed by atoms with E-state index >= 15 is 0 Å². The normalized spacial score (nSPS) is 15.1. The van der Waals surface area contributed by atoms with Gasteiger partial charge in [-0.2, -0.15) is 0 Å². The lowest BCUT2D eigenvalue weighted by molar-refractivity contribution is 0.482. The molecule has 0 radical (unpaired) electrons. The maximum absolute atomic E-state index is 6.01. The molecule has 0 heterocycles. The zero-order chi connectivity index (χ0) is 17.8. The maximum atomic E-state index is 6.01. The van der Waals surface area contributed by atoms with Crippen LogP contribution in [0.2, 0.25) is 5.02 Å². The predicted molar refractivity (Wildman–Crippen MR) is 108 cm³/mol. The summed E-state index contributed by atoms with van der Waals surface area (Å²) in [6.07, 6.45) is 7.97. The zero-order valence-corrected chi connectivity index (χ0v) is 15.3. The molecule has 0 spiro atoms. The van der Waals surface area contributed by atoms with Crippen LogP contribution in [0.15, 0.2) is 91.0 Å². The Morgan fingerprint density at radius 2 is 1.58 bits per heavy atom. The summed E-state index contributed by atoms with van der Waals surface area (Å²) in [5, 5.41) is 0.795. The van der Waals surface area contributed by atoms with Gasteiger partial charge in [0.15, 0.2) is 0 Å². The minimum absolute atomic E-state index is 0.211. The first-order valence-corrected chi connectivity index (χ1v) is 9.37. The number of ether oxygens (including phenoxy) is 1. The van der Waals surface area contributed by atoms with Crippen LogP contribution in [0.25, 0.3) is 0 Å². The van der Waals surface area contributed by atoms with Crippen molar-refractivity contribution in [2.24, 2.45) is 0 Å². The Kier molecular flexibility index (Phi) is 4.81. The molecule has 2 heteroatoms. The van der Waals surface area contributed by atoms with Crippen molar-refractivity contribution in [3.63, 3.8) is 0 Å². The number of rotatable bonds is 6. The Morgan fingerprint density at radius 1 is 0.846 bits per heavy atom. The molecule has 0 atom stereocenters. The number of hydrogen-bond acceptors (Lipinski definition) is 1. The summed E-state index contributed by atoms with van der Waals surface area (Å²) in [6.45, 7) is 0. The van der Waals surface area contributed by atoms with Crippen LogP contribution in [0.5, 0.6) is 11.5 Å². The Labute approximate surface area is 159 Å². The van der Waals surface area contributed by atoms with E-state index in [2.05, 4.69) is 36.4 Å². The summed E-state index contributed by atoms with van der Waals surface area (Å²) in [5.74, 6) is 1.74. The summed E-state index contributed by atoms with van der Waals surface area (Å²) in [7, 11) is 0. The van der Waals surface area contributed by atoms with Gasteiger partial charge in [0, 0.05) is 10.4 Å². The van der Waals surface area contributed by atoms with Gasteiger partial charge in [-0.05, 0) is 66.8 Å². The summed E-state index contributed by atoms with van der Waals surface area (Å²) in [5.41, 5.74) is 2.82. The molecular weight excluding hydrogens is 340 g/mol. The van der Waals surface area contributed by atoms with Crippen molar-refractivity contribution in [3.8, 4) is 11.5 Å². The third-order valence-electron chi connectivity index (χ3n) is 4.88. The van der Waals surface area contributed by atoms with Crippen LogP contribution >= 0.6 is 11.6 Å². The molecular formula is C24H21ClO. The van der Waals surface area contributed by atoms with Gasteiger partial charge in [-0.3, -0.25) is 0 Å². The fourth-order valence-corrected chi connectivity index (χ4v) is 3.38. The van der Waals surface area contributed by atoms with Crippen LogP contribution in [-0.4, -0.2) is 0 Å². The number of benzene rings is 3. The van der Waals surface area contributed by atoms with Crippen LogP contribution in [-0.2, 0) is 11.8 Å². The van der Waals surface area contributed by atoms with Crippen molar-refractivity contribution in [3.05, 3.63) is 107 Å². The molecule has 4 rings (SSSR count). The van der Waals surface area contributed by atoms with E-state index in [4.69, 9.17) is 16.3 Å². The molecule has 0 saturated heterocycles. The second-order valence-corrected chi connectivity index (χ2v) is 7.27. The number of para-hydroxylation sites is 1. The number of halogens is 1. The predicted octanol–water partition coefficient (Wildman–Crippen LogP) is 6.96. The van der Waals surface area contributed by atoms with Gasteiger partial charge in [-0.1, -0.05) is 66.2 Å². The number of hydrogen-bond donors (Lipinski definition) is 0. The van der Waals surface area contributed by atoms with Crippen LogP contribution in [0, 0.1) is 0 Å². The zero-order valence-electron chi connectivity index (χ0n) is 14.6. The van der Waals surface area contributed by atoms with Gasteiger partial charge in [-0.25, -0.2) is 0 Å². The first-order chi connectivity index (χ1) is 12.7. The van der Waals surface area contributed by atoms with E-state index in [0.717, 1.165) is 22.9 Å². The first-order valence-electron chi connectivity index (χ1n) is 8.99. The van der Waals surface area contributed by atoms with E-state index in [-0.39, 0.29) is 5.41 Å². The minimum atomic E-state index is 0.211. The highest BCUT2D eigenvalue weighted by Gasteiger charge is 2.41. The third-order valence-corrected chi connectivity index (χ3v) is 5.13. The molecule has 1 fully saturated rings. The average Bonchev–Trinajstić information content (AvgIpc) is 3.44. The summed E-state index contributed by atoms with van der Waals surface area (Å²) in [4.78, 5) is 0. The van der Waals surface area contributed by atoms with Crippen molar-refractivity contribution in [2.45, 2.75) is 24.7 Å². The monoisotopic (exact) mass is 360 g/mol. The van der Waals surface area contributed by atoms with Crippen molar-refractivity contribution >= 4 is 11.6 Å². The average molecular weight is 361 g/mol.